The van der Waals surface area contributed by atoms with E-state index in [1.165, 1.54) is 0 Å². The lowest BCUT2D eigenvalue weighted by Gasteiger charge is -2.12. The van der Waals surface area contributed by atoms with E-state index in [2.05, 4.69) is 27.3 Å². The zero-order valence-corrected chi connectivity index (χ0v) is 18.6. The maximum Gasteiger partial charge on any atom is 0.256 e. The van der Waals surface area contributed by atoms with Gasteiger partial charge in [0.1, 0.15) is 23.0 Å². The number of anilines is 1. The number of benzene rings is 3. The van der Waals surface area contributed by atoms with E-state index in [1.807, 2.05) is 61.5 Å². The molecule has 1 amide bonds. The molecule has 32 heavy (non-hydrogen) atoms. The number of hydrogen-bond acceptors (Lipinski definition) is 4. The van der Waals surface area contributed by atoms with Crippen molar-refractivity contribution in [1.29, 1.82) is 5.26 Å². The van der Waals surface area contributed by atoms with Gasteiger partial charge in [0.25, 0.3) is 5.91 Å². The summed E-state index contributed by atoms with van der Waals surface area (Å²) in [5, 5.41) is 13.0. The molecule has 0 spiro atoms. The summed E-state index contributed by atoms with van der Waals surface area (Å²) in [6, 6.07) is 24.6. The lowest BCUT2D eigenvalue weighted by molar-refractivity contribution is 0.102. The average Bonchev–Trinajstić information content (AvgIpc) is 3.09. The van der Waals surface area contributed by atoms with Crippen LogP contribution in [0.2, 0.25) is 0 Å². The zero-order valence-electron chi connectivity index (χ0n) is 17.0. The van der Waals surface area contributed by atoms with Crippen molar-refractivity contribution in [2.75, 3.05) is 5.32 Å². The summed E-state index contributed by atoms with van der Waals surface area (Å²) in [4.78, 5) is 22.6. The fourth-order valence-corrected chi connectivity index (χ4v) is 4.02. The molecule has 0 unspecified atom stereocenters. The highest BCUT2D eigenvalue weighted by Gasteiger charge is 2.23. The molecule has 5 rings (SSSR count). The van der Waals surface area contributed by atoms with E-state index < -0.39 is 0 Å². The first kappa shape index (κ1) is 19.9. The Kier molecular flexibility index (Phi) is 4.92. The number of nitrogens with zero attached hydrogens (tertiary/aromatic N) is 4. The number of rotatable bonds is 3. The summed E-state index contributed by atoms with van der Waals surface area (Å²) in [6.07, 6.45) is 0. The van der Waals surface area contributed by atoms with E-state index in [-0.39, 0.29) is 11.5 Å². The van der Waals surface area contributed by atoms with Gasteiger partial charge in [-0.1, -0.05) is 51.8 Å². The maximum atomic E-state index is 13.1. The SMILES string of the molecule is Cc1ccc(-n2c(NC(=O)c3cccc(Br)c3)c(C#N)c3nc4ccccc4nc32)cc1. The highest BCUT2D eigenvalue weighted by molar-refractivity contribution is 9.10. The van der Waals surface area contributed by atoms with Crippen LogP contribution in [-0.2, 0) is 0 Å². The summed E-state index contributed by atoms with van der Waals surface area (Å²) >= 11 is 3.40. The second-order valence-corrected chi connectivity index (χ2v) is 8.27. The van der Waals surface area contributed by atoms with Crippen LogP contribution in [-0.4, -0.2) is 20.4 Å². The van der Waals surface area contributed by atoms with Crippen LogP contribution in [0.25, 0.3) is 27.9 Å². The van der Waals surface area contributed by atoms with Crippen LogP contribution < -0.4 is 5.32 Å². The molecule has 154 valence electrons. The maximum absolute atomic E-state index is 13.1. The van der Waals surface area contributed by atoms with Crippen LogP contribution in [0.1, 0.15) is 21.5 Å². The summed E-state index contributed by atoms with van der Waals surface area (Å²) < 4.78 is 2.57. The van der Waals surface area contributed by atoms with Gasteiger partial charge >= 0.3 is 0 Å². The van der Waals surface area contributed by atoms with E-state index in [4.69, 9.17) is 9.97 Å². The molecule has 0 aliphatic carbocycles. The molecule has 0 radical (unpaired) electrons. The first-order valence-electron chi connectivity index (χ1n) is 9.90. The van der Waals surface area contributed by atoms with Crippen LogP contribution in [0.3, 0.4) is 0 Å². The molecular weight excluding hydrogens is 466 g/mol. The van der Waals surface area contributed by atoms with Crippen LogP contribution in [0.5, 0.6) is 0 Å². The summed E-state index contributed by atoms with van der Waals surface area (Å²) in [6.45, 7) is 2.00. The molecule has 6 nitrogen and oxygen atoms in total. The van der Waals surface area contributed by atoms with Gasteiger partial charge in [0.05, 0.1) is 11.0 Å². The molecule has 0 fully saturated rings. The van der Waals surface area contributed by atoms with Gasteiger partial charge in [-0.3, -0.25) is 9.36 Å². The third-order valence-electron chi connectivity index (χ3n) is 5.18. The van der Waals surface area contributed by atoms with Crippen molar-refractivity contribution in [3.63, 3.8) is 0 Å². The minimum Gasteiger partial charge on any atom is -0.306 e. The second-order valence-electron chi connectivity index (χ2n) is 7.36. The van der Waals surface area contributed by atoms with Gasteiger partial charge in [-0.2, -0.15) is 5.26 Å². The van der Waals surface area contributed by atoms with Gasteiger partial charge in [0.2, 0.25) is 0 Å². The number of hydrogen-bond donors (Lipinski definition) is 1. The smallest absolute Gasteiger partial charge is 0.256 e. The minimum absolute atomic E-state index is 0.266. The number of amides is 1. The molecule has 2 heterocycles. The third kappa shape index (κ3) is 3.41. The Balaban J connectivity index is 1.78. The van der Waals surface area contributed by atoms with Gasteiger partial charge in [-0.25, -0.2) is 9.97 Å². The Labute approximate surface area is 192 Å². The van der Waals surface area contributed by atoms with Crippen molar-refractivity contribution in [2.24, 2.45) is 0 Å². The molecule has 0 atom stereocenters. The molecular formula is C25H16BrN5O. The number of halogens is 1. The standard InChI is InChI=1S/C25H16BrN5O/c1-15-9-11-18(12-10-15)31-23(30-25(32)16-5-4-6-17(26)13-16)19(14-27)22-24(31)29-21-8-3-2-7-20(21)28-22/h2-13H,1H3,(H,30,32). The highest BCUT2D eigenvalue weighted by atomic mass is 79.9. The second kappa shape index (κ2) is 7.91. The first-order chi connectivity index (χ1) is 15.5. The fraction of sp³-hybridized carbons (Fsp3) is 0.0400. The van der Waals surface area contributed by atoms with Gasteiger partial charge in [-0.15, -0.1) is 0 Å². The number of carbonyl (C=O) groups excluding carboxylic acids is 1. The number of aryl methyl sites for hydroxylation is 1. The predicted octanol–water partition coefficient (Wildman–Crippen LogP) is 5.77. The topological polar surface area (TPSA) is 83.6 Å². The van der Waals surface area contributed by atoms with Crippen LogP contribution in [0.15, 0.2) is 77.3 Å². The van der Waals surface area contributed by atoms with E-state index >= 15 is 0 Å². The van der Waals surface area contributed by atoms with E-state index in [9.17, 15) is 10.1 Å². The monoisotopic (exact) mass is 481 g/mol. The quantitative estimate of drug-likeness (QED) is 0.354. The molecule has 7 heteroatoms. The molecule has 0 bridgehead atoms. The Bertz CT molecular complexity index is 1550. The van der Waals surface area contributed by atoms with E-state index in [0.29, 0.717) is 33.6 Å². The Morgan fingerprint density at radius 3 is 2.41 bits per heavy atom. The molecule has 0 saturated heterocycles. The van der Waals surface area contributed by atoms with Crippen molar-refractivity contribution in [2.45, 2.75) is 6.92 Å². The van der Waals surface area contributed by atoms with Crippen LogP contribution >= 0.6 is 15.9 Å². The normalized spacial score (nSPS) is 10.9. The van der Waals surface area contributed by atoms with Crippen molar-refractivity contribution in [1.82, 2.24) is 14.5 Å². The van der Waals surface area contributed by atoms with Gasteiger partial charge in [-0.05, 0) is 49.4 Å². The minimum atomic E-state index is -0.330. The van der Waals surface area contributed by atoms with Crippen molar-refractivity contribution in [3.05, 3.63) is 94.0 Å². The third-order valence-corrected chi connectivity index (χ3v) is 5.68. The van der Waals surface area contributed by atoms with Crippen LogP contribution in [0.4, 0.5) is 5.82 Å². The van der Waals surface area contributed by atoms with Gasteiger partial charge in [0, 0.05) is 15.7 Å². The lowest BCUT2D eigenvalue weighted by Crippen LogP contribution is -2.15. The number of nitrogens with one attached hydrogen (secondary N) is 1. The number of aromatic nitrogens is 3. The van der Waals surface area contributed by atoms with E-state index in [0.717, 1.165) is 15.7 Å². The number of carbonyl (C=O) groups is 1. The molecule has 0 saturated carbocycles. The van der Waals surface area contributed by atoms with Gasteiger partial charge < -0.3 is 5.32 Å². The van der Waals surface area contributed by atoms with Crippen molar-refractivity contribution < 1.29 is 4.79 Å². The summed E-state index contributed by atoms with van der Waals surface area (Å²) in [5.74, 6) is 0.00941. The highest BCUT2D eigenvalue weighted by Crippen LogP contribution is 2.33. The molecule has 0 aliphatic rings. The Morgan fingerprint density at radius 2 is 1.72 bits per heavy atom. The summed E-state index contributed by atoms with van der Waals surface area (Å²) in [5.41, 5.74) is 4.95. The molecule has 1 N–H and O–H groups in total. The average molecular weight is 482 g/mol. The largest absolute Gasteiger partial charge is 0.306 e. The number of nitriles is 1. The van der Waals surface area contributed by atoms with E-state index in [1.54, 1.807) is 22.8 Å². The summed E-state index contributed by atoms with van der Waals surface area (Å²) in [7, 11) is 0. The van der Waals surface area contributed by atoms with Crippen LogP contribution in [0, 0.1) is 18.3 Å². The van der Waals surface area contributed by atoms with Crippen molar-refractivity contribution >= 4 is 49.9 Å². The number of para-hydroxylation sites is 2. The van der Waals surface area contributed by atoms with Crippen molar-refractivity contribution in [3.8, 4) is 11.8 Å². The number of fused-ring (bicyclic) bond motifs is 2. The molecule has 5 aromatic rings. The fourth-order valence-electron chi connectivity index (χ4n) is 3.62. The van der Waals surface area contributed by atoms with Gasteiger partial charge in [0.15, 0.2) is 5.65 Å². The predicted molar refractivity (Wildman–Crippen MR) is 128 cm³/mol. The first-order valence-corrected chi connectivity index (χ1v) is 10.7. The zero-order chi connectivity index (χ0) is 22.2. The Hall–Kier alpha value is -4.02. The molecule has 2 aromatic heterocycles. The lowest BCUT2D eigenvalue weighted by atomic mass is 10.2. The Morgan fingerprint density at radius 1 is 1.00 bits per heavy atom. The molecule has 0 aliphatic heterocycles. The molecule has 3 aromatic carbocycles.